The molecule has 0 saturated carbocycles. The van der Waals surface area contributed by atoms with Crippen molar-refractivity contribution in [3.8, 4) is 18.8 Å². The summed E-state index contributed by atoms with van der Waals surface area (Å²) in [6.07, 6.45) is 17.0. The fraction of sp³-hybridized carbons (Fsp3) is 0.0833. The van der Waals surface area contributed by atoms with Crippen molar-refractivity contribution in [1.82, 2.24) is 8.75 Å². The third-order valence-corrected chi connectivity index (χ3v) is 4.68. The summed E-state index contributed by atoms with van der Waals surface area (Å²) in [5.74, 6) is 2.20. The molecule has 0 bridgehead atoms. The van der Waals surface area contributed by atoms with E-state index in [1.807, 2.05) is 0 Å². The third kappa shape index (κ3) is 9.38. The minimum Gasteiger partial charge on any atom is -1.00 e. The number of aliphatic hydroxyl groups excluding tert-OH is 1. The Bertz CT molecular complexity index is 611. The van der Waals surface area contributed by atoms with Gasteiger partial charge in [0.15, 0.2) is 6.29 Å². The van der Waals surface area contributed by atoms with Crippen molar-refractivity contribution in [3.63, 3.8) is 0 Å². The van der Waals surface area contributed by atoms with Crippen molar-refractivity contribution >= 4 is 84.3 Å². The molecule has 0 aromatic carbocycles. The maximum absolute atomic E-state index is 10.0. The molecule has 1 unspecified atom stereocenters. The summed E-state index contributed by atoms with van der Waals surface area (Å²) in [6.45, 7) is 0. The molecule has 2 heterocycles. The number of halogens is 3. The van der Waals surface area contributed by atoms with Gasteiger partial charge in [0.25, 0.3) is 0 Å². The molecule has 1 N–H and O–H groups in total. The molecule has 2 rings (SSSR count). The summed E-state index contributed by atoms with van der Waals surface area (Å²) in [6, 6.07) is 0. The molecule has 112 valence electrons. The van der Waals surface area contributed by atoms with E-state index in [1.165, 1.54) is 29.3 Å². The Labute approximate surface area is 180 Å². The van der Waals surface area contributed by atoms with Crippen LogP contribution in [0.4, 0.5) is 0 Å². The molecule has 0 saturated heterocycles. The van der Waals surface area contributed by atoms with E-state index in [1.54, 1.807) is 6.20 Å². The third-order valence-electron chi connectivity index (χ3n) is 1.68. The molecule has 0 aliphatic carbocycles. The van der Waals surface area contributed by atoms with Gasteiger partial charge in [-0.3, -0.25) is 4.79 Å². The summed E-state index contributed by atoms with van der Waals surface area (Å²) in [5, 5.41) is 9.10. The zero-order valence-corrected chi connectivity index (χ0v) is 18.7. The normalized spacial score (nSPS) is 9.09. The SMILES string of the molecule is C#CC(O)c1cnsc1Br.O=Cc1cnsc1Br.[Br-].[C-]#C.[Mg+2]. The summed E-state index contributed by atoms with van der Waals surface area (Å²) in [5.41, 5.74) is 1.28. The average Bonchev–Trinajstić information content (AvgIpc) is 3.09. The van der Waals surface area contributed by atoms with Crippen LogP contribution in [0.2, 0.25) is 0 Å². The number of hydrogen-bond acceptors (Lipinski definition) is 6. The first kappa shape index (κ1) is 27.1. The number of rotatable bonds is 2. The summed E-state index contributed by atoms with van der Waals surface area (Å²) < 4.78 is 9.17. The van der Waals surface area contributed by atoms with E-state index < -0.39 is 6.10 Å². The van der Waals surface area contributed by atoms with Crippen LogP contribution in [-0.4, -0.2) is 43.2 Å². The molecule has 0 spiro atoms. The monoisotopic (exact) mass is 536 g/mol. The number of aliphatic hydroxyl groups is 1. The molecular weight excluding hydrogens is 532 g/mol. The Balaban J connectivity index is -0.000000276. The van der Waals surface area contributed by atoms with Crippen molar-refractivity contribution < 1.29 is 26.9 Å². The smallest absolute Gasteiger partial charge is 1.00 e. The molecule has 0 aliphatic heterocycles. The van der Waals surface area contributed by atoms with Crippen LogP contribution in [0, 0.1) is 25.2 Å². The van der Waals surface area contributed by atoms with Crippen LogP contribution in [0.15, 0.2) is 20.0 Å². The van der Waals surface area contributed by atoms with Gasteiger partial charge in [-0.25, -0.2) is 0 Å². The Morgan fingerprint density at radius 2 is 1.77 bits per heavy atom. The van der Waals surface area contributed by atoms with Crippen molar-refractivity contribution in [1.29, 1.82) is 0 Å². The first-order valence-corrected chi connectivity index (χ1v) is 7.82. The van der Waals surface area contributed by atoms with Gasteiger partial charge in [0.1, 0.15) is 9.89 Å². The minimum atomic E-state index is -0.840. The first-order valence-electron chi connectivity index (χ1n) is 4.68. The van der Waals surface area contributed by atoms with E-state index in [-0.39, 0.29) is 40.0 Å². The molecule has 4 nitrogen and oxygen atoms in total. The van der Waals surface area contributed by atoms with Crippen molar-refractivity contribution in [3.05, 3.63) is 37.5 Å². The molecule has 0 radical (unpaired) electrons. The van der Waals surface area contributed by atoms with Crippen LogP contribution in [0.5, 0.6) is 0 Å². The molecule has 22 heavy (non-hydrogen) atoms. The number of carbonyl (C=O) groups is 1. The number of terminal acetylenes is 2. The molecule has 0 amide bonds. The van der Waals surface area contributed by atoms with E-state index in [4.69, 9.17) is 18.0 Å². The molecular formula is C12H7Br3MgN2O2S2. The molecule has 10 heteroatoms. The maximum Gasteiger partial charge on any atom is 2.00 e. The van der Waals surface area contributed by atoms with Gasteiger partial charge >= 0.3 is 23.1 Å². The van der Waals surface area contributed by atoms with Gasteiger partial charge in [0.2, 0.25) is 0 Å². The maximum atomic E-state index is 10.0. The zero-order valence-electron chi connectivity index (χ0n) is 10.9. The van der Waals surface area contributed by atoms with Gasteiger partial charge in [-0.2, -0.15) is 8.75 Å². The first-order chi connectivity index (χ1) is 9.60. The van der Waals surface area contributed by atoms with Crippen LogP contribution < -0.4 is 17.0 Å². The average molecular weight is 539 g/mol. The van der Waals surface area contributed by atoms with E-state index in [9.17, 15) is 4.79 Å². The van der Waals surface area contributed by atoms with Gasteiger partial charge in [0.05, 0.1) is 15.5 Å². The largest absolute Gasteiger partial charge is 2.00 e. The second-order valence-corrected chi connectivity index (χ2v) is 7.04. The quantitative estimate of drug-likeness (QED) is 0.255. The molecule has 2 aromatic rings. The number of hydrogen-bond donors (Lipinski definition) is 1. The van der Waals surface area contributed by atoms with Gasteiger partial charge in [-0.15, -0.1) is 6.42 Å². The van der Waals surface area contributed by atoms with E-state index >= 15 is 0 Å². The van der Waals surface area contributed by atoms with E-state index in [0.717, 1.165) is 13.9 Å². The fourth-order valence-electron chi connectivity index (χ4n) is 0.810. The van der Waals surface area contributed by atoms with E-state index in [2.05, 4.69) is 53.0 Å². The van der Waals surface area contributed by atoms with Crippen LogP contribution in [0.25, 0.3) is 0 Å². The molecule has 0 aliphatic rings. The summed E-state index contributed by atoms with van der Waals surface area (Å²) >= 11 is 8.88. The zero-order chi connectivity index (χ0) is 15.5. The van der Waals surface area contributed by atoms with Gasteiger partial charge in [-0.1, -0.05) is 5.92 Å². The van der Waals surface area contributed by atoms with Gasteiger partial charge in [0, 0.05) is 11.8 Å². The Morgan fingerprint density at radius 1 is 1.27 bits per heavy atom. The Kier molecular flexibility index (Phi) is 19.8. The van der Waals surface area contributed by atoms with Crippen LogP contribution >= 0.6 is 54.9 Å². The van der Waals surface area contributed by atoms with Crippen LogP contribution in [0.1, 0.15) is 22.0 Å². The number of aromatic nitrogens is 2. The van der Waals surface area contributed by atoms with Gasteiger partial charge < -0.3 is 34.9 Å². The predicted molar refractivity (Wildman–Crippen MR) is 92.8 cm³/mol. The van der Waals surface area contributed by atoms with E-state index in [0.29, 0.717) is 11.1 Å². The second-order valence-electron chi connectivity index (χ2n) is 2.80. The molecule has 0 fully saturated rings. The number of aldehydes is 1. The standard InChI is InChI=1S/C6H4BrNOS.C4H2BrNOS.C2H.BrH.Mg/c1-2-5(9)4-3-8-10-6(4)7;5-4-3(2-7)1-6-8-4;1-2;;/h1,3,5,9H;1-2H;1H;1H;/q;;-1;;+2/p-1. The predicted octanol–water partition coefficient (Wildman–Crippen LogP) is 0.119. The Morgan fingerprint density at radius 3 is 2.05 bits per heavy atom. The molecule has 2 aromatic heterocycles. The van der Waals surface area contributed by atoms with Crippen LogP contribution in [0.3, 0.4) is 0 Å². The topological polar surface area (TPSA) is 63.1 Å². The Hall–Kier alpha value is 0.216. The van der Waals surface area contributed by atoms with Crippen LogP contribution in [-0.2, 0) is 0 Å². The van der Waals surface area contributed by atoms with Gasteiger partial charge in [-0.05, 0) is 54.9 Å². The van der Waals surface area contributed by atoms with Crippen molar-refractivity contribution in [2.45, 2.75) is 6.10 Å². The van der Waals surface area contributed by atoms with Crippen molar-refractivity contribution in [2.24, 2.45) is 0 Å². The summed E-state index contributed by atoms with van der Waals surface area (Å²) in [7, 11) is 0. The number of carbonyl (C=O) groups excluding carboxylic acids is 1. The summed E-state index contributed by atoms with van der Waals surface area (Å²) in [4.78, 5) is 10.0. The molecule has 1 atom stereocenters. The number of nitrogens with zero attached hydrogens (tertiary/aromatic N) is 2. The fourth-order valence-corrected chi connectivity index (χ4v) is 2.82. The van der Waals surface area contributed by atoms with Crippen molar-refractivity contribution in [2.75, 3.05) is 0 Å². The minimum absolute atomic E-state index is 0. The second kappa shape index (κ2) is 16.1.